The molecule has 0 amide bonds. The van der Waals surface area contributed by atoms with Gasteiger partial charge < -0.3 is 9.15 Å². The van der Waals surface area contributed by atoms with E-state index >= 15 is 0 Å². The Bertz CT molecular complexity index is 289. The number of hydrogen-bond acceptors (Lipinski definition) is 4. The fraction of sp³-hybridized carbons (Fsp3) is 0.375. The maximum atomic E-state index is 8.56. The first-order valence-corrected chi connectivity index (χ1v) is 3.71. The van der Waals surface area contributed by atoms with Gasteiger partial charge in [0.2, 0.25) is 0 Å². The first kappa shape index (κ1) is 7.35. The van der Waals surface area contributed by atoms with Crippen LogP contribution in [0.4, 0.5) is 0 Å². The lowest BCUT2D eigenvalue weighted by atomic mass is 10.3. The molecule has 0 spiro atoms. The topological polar surface area (TPSA) is 58.2 Å². The van der Waals surface area contributed by atoms with Gasteiger partial charge in [-0.15, -0.1) is 0 Å². The molecule has 1 aromatic rings. The van der Waals surface area contributed by atoms with Crippen molar-refractivity contribution in [3.05, 3.63) is 24.2 Å². The minimum Gasteiger partial charge on any atom is -0.465 e. The molecule has 0 aromatic carbocycles. The number of nitrogens with one attached hydrogen (secondary N) is 1. The van der Waals surface area contributed by atoms with E-state index in [0.717, 1.165) is 0 Å². The predicted octanol–water partition coefficient (Wildman–Crippen LogP) is 0.790. The van der Waals surface area contributed by atoms with E-state index in [2.05, 4.69) is 11.4 Å². The lowest BCUT2D eigenvalue weighted by molar-refractivity contribution is 0.0828. The lowest BCUT2D eigenvalue weighted by Crippen LogP contribution is -2.23. The number of nitriles is 1. The first-order chi connectivity index (χ1) is 5.90. The molecule has 1 aliphatic heterocycles. The summed E-state index contributed by atoms with van der Waals surface area (Å²) in [6, 6.07) is 5.46. The number of nitrogens with zero attached hydrogens (tertiary/aromatic N) is 1. The van der Waals surface area contributed by atoms with E-state index in [0.29, 0.717) is 12.4 Å². The highest BCUT2D eigenvalue weighted by atomic mass is 16.5. The molecule has 12 heavy (non-hydrogen) atoms. The molecule has 2 unspecified atom stereocenters. The third-order valence-corrected chi connectivity index (χ3v) is 1.74. The van der Waals surface area contributed by atoms with E-state index in [1.807, 2.05) is 6.07 Å². The van der Waals surface area contributed by atoms with Gasteiger partial charge in [0.25, 0.3) is 0 Å². The van der Waals surface area contributed by atoms with Crippen LogP contribution in [-0.4, -0.2) is 12.6 Å². The number of furan rings is 1. The minimum atomic E-state index is -0.260. The molecule has 1 N–H and O–H groups in total. The lowest BCUT2D eigenvalue weighted by Gasteiger charge is -2.04. The highest BCUT2D eigenvalue weighted by Crippen LogP contribution is 2.20. The minimum absolute atomic E-state index is 0.222. The van der Waals surface area contributed by atoms with E-state index < -0.39 is 0 Å². The number of ether oxygens (including phenoxy) is 1. The molecule has 1 aliphatic rings. The zero-order valence-corrected chi connectivity index (χ0v) is 6.36. The largest absolute Gasteiger partial charge is 0.465 e. The van der Waals surface area contributed by atoms with Crippen molar-refractivity contribution >= 4 is 0 Å². The average molecular weight is 164 g/mol. The molecule has 2 heterocycles. The maximum Gasteiger partial charge on any atom is 0.168 e. The molecular weight excluding hydrogens is 156 g/mol. The van der Waals surface area contributed by atoms with Crippen molar-refractivity contribution in [1.29, 1.82) is 5.26 Å². The van der Waals surface area contributed by atoms with Gasteiger partial charge >= 0.3 is 0 Å². The van der Waals surface area contributed by atoms with Gasteiger partial charge in [-0.05, 0) is 12.1 Å². The molecule has 0 bridgehead atoms. The molecule has 0 aliphatic carbocycles. The van der Waals surface area contributed by atoms with Crippen LogP contribution < -0.4 is 5.32 Å². The van der Waals surface area contributed by atoms with Gasteiger partial charge in [-0.1, -0.05) is 0 Å². The quantitative estimate of drug-likeness (QED) is 0.666. The summed E-state index contributed by atoms with van der Waals surface area (Å²) in [5.74, 6) is 0.716. The summed E-state index contributed by atoms with van der Waals surface area (Å²) >= 11 is 0. The van der Waals surface area contributed by atoms with Gasteiger partial charge in [-0.3, -0.25) is 5.32 Å². The molecule has 4 heteroatoms. The second-order valence-electron chi connectivity index (χ2n) is 2.58. The standard InChI is InChI=1S/C8H8N2O2/c9-4-6-5-12-8(10-6)7-2-1-3-11-7/h1-3,6,8,10H,5H2. The van der Waals surface area contributed by atoms with E-state index in [-0.39, 0.29) is 12.3 Å². The molecular formula is C8H8N2O2. The summed E-state index contributed by atoms with van der Waals surface area (Å²) in [5.41, 5.74) is 0. The fourth-order valence-electron chi connectivity index (χ4n) is 1.15. The monoisotopic (exact) mass is 164 g/mol. The SMILES string of the molecule is N#CC1COC(c2ccco2)N1. The van der Waals surface area contributed by atoms with Crippen LogP contribution in [0.2, 0.25) is 0 Å². The second-order valence-corrected chi connectivity index (χ2v) is 2.58. The maximum absolute atomic E-state index is 8.56. The van der Waals surface area contributed by atoms with Crippen LogP contribution in [0, 0.1) is 11.3 Å². The molecule has 1 aromatic heterocycles. The molecule has 0 saturated carbocycles. The van der Waals surface area contributed by atoms with E-state index in [1.54, 1.807) is 12.3 Å². The highest BCUT2D eigenvalue weighted by molar-refractivity contribution is 5.06. The van der Waals surface area contributed by atoms with Crippen LogP contribution >= 0.6 is 0 Å². The zero-order chi connectivity index (χ0) is 8.39. The van der Waals surface area contributed by atoms with Crippen LogP contribution in [0.3, 0.4) is 0 Å². The summed E-state index contributed by atoms with van der Waals surface area (Å²) in [6.07, 6.45) is 1.32. The van der Waals surface area contributed by atoms with Crippen LogP contribution in [0.25, 0.3) is 0 Å². The van der Waals surface area contributed by atoms with Crippen LogP contribution in [0.5, 0.6) is 0 Å². The predicted molar refractivity (Wildman–Crippen MR) is 39.9 cm³/mol. The third-order valence-electron chi connectivity index (χ3n) is 1.74. The van der Waals surface area contributed by atoms with Gasteiger partial charge in [-0.2, -0.15) is 5.26 Å². The normalized spacial score (nSPS) is 28.6. The highest BCUT2D eigenvalue weighted by Gasteiger charge is 2.26. The molecule has 2 rings (SSSR count). The van der Waals surface area contributed by atoms with Crippen molar-refractivity contribution in [2.75, 3.05) is 6.61 Å². The van der Waals surface area contributed by atoms with Crippen LogP contribution in [0.1, 0.15) is 12.0 Å². The van der Waals surface area contributed by atoms with Crippen molar-refractivity contribution in [3.63, 3.8) is 0 Å². The fourth-order valence-corrected chi connectivity index (χ4v) is 1.15. The number of hydrogen-bond donors (Lipinski definition) is 1. The third kappa shape index (κ3) is 1.20. The van der Waals surface area contributed by atoms with Crippen LogP contribution in [0.15, 0.2) is 22.8 Å². The molecule has 4 nitrogen and oxygen atoms in total. The Morgan fingerprint density at radius 2 is 2.58 bits per heavy atom. The zero-order valence-electron chi connectivity index (χ0n) is 6.36. The van der Waals surface area contributed by atoms with Crippen molar-refractivity contribution in [3.8, 4) is 6.07 Å². The molecule has 0 radical (unpaired) electrons. The summed E-state index contributed by atoms with van der Waals surface area (Å²) in [7, 11) is 0. The average Bonchev–Trinajstić information content (AvgIpc) is 2.75. The Morgan fingerprint density at radius 1 is 1.67 bits per heavy atom. The van der Waals surface area contributed by atoms with Crippen LogP contribution in [-0.2, 0) is 4.74 Å². The van der Waals surface area contributed by atoms with E-state index in [4.69, 9.17) is 14.4 Å². The van der Waals surface area contributed by atoms with Crippen molar-refractivity contribution in [1.82, 2.24) is 5.32 Å². The summed E-state index contributed by atoms with van der Waals surface area (Å²) in [6.45, 7) is 0.419. The molecule has 1 fully saturated rings. The van der Waals surface area contributed by atoms with Gasteiger partial charge in [0.15, 0.2) is 6.23 Å². The Morgan fingerprint density at radius 3 is 3.17 bits per heavy atom. The van der Waals surface area contributed by atoms with Crippen molar-refractivity contribution < 1.29 is 9.15 Å². The summed E-state index contributed by atoms with van der Waals surface area (Å²) in [4.78, 5) is 0. The molecule has 2 atom stereocenters. The van der Waals surface area contributed by atoms with Gasteiger partial charge in [0, 0.05) is 0 Å². The smallest absolute Gasteiger partial charge is 0.168 e. The molecule has 62 valence electrons. The van der Waals surface area contributed by atoms with Gasteiger partial charge in [-0.25, -0.2) is 0 Å². The summed E-state index contributed by atoms with van der Waals surface area (Å²) in [5, 5.41) is 11.5. The molecule has 1 saturated heterocycles. The van der Waals surface area contributed by atoms with E-state index in [9.17, 15) is 0 Å². The van der Waals surface area contributed by atoms with Crippen molar-refractivity contribution in [2.24, 2.45) is 0 Å². The Kier molecular flexibility index (Phi) is 1.82. The van der Waals surface area contributed by atoms with Crippen molar-refractivity contribution in [2.45, 2.75) is 12.3 Å². The van der Waals surface area contributed by atoms with Gasteiger partial charge in [0.1, 0.15) is 11.8 Å². The Hall–Kier alpha value is -1.31. The Balaban J connectivity index is 2.06. The first-order valence-electron chi connectivity index (χ1n) is 3.71. The Labute approximate surface area is 69.7 Å². The van der Waals surface area contributed by atoms with E-state index in [1.165, 1.54) is 0 Å². The van der Waals surface area contributed by atoms with Gasteiger partial charge in [0.05, 0.1) is 18.9 Å². The second kappa shape index (κ2) is 2.97. The number of rotatable bonds is 1. The summed E-state index contributed by atoms with van der Waals surface area (Å²) < 4.78 is 10.4.